The lowest BCUT2D eigenvalue weighted by Gasteiger charge is -2.30. The van der Waals surface area contributed by atoms with Gasteiger partial charge in [0.2, 0.25) is 10.0 Å². The van der Waals surface area contributed by atoms with E-state index in [-0.39, 0.29) is 22.6 Å². The molecule has 1 amide bonds. The van der Waals surface area contributed by atoms with E-state index in [1.54, 1.807) is 0 Å². The number of hydrogen-bond donors (Lipinski definition) is 1. The summed E-state index contributed by atoms with van der Waals surface area (Å²) in [5, 5.41) is 13.2. The van der Waals surface area contributed by atoms with Crippen LogP contribution in [-0.2, 0) is 23.0 Å². The van der Waals surface area contributed by atoms with Crippen molar-refractivity contribution in [3.8, 4) is 6.07 Å². The summed E-state index contributed by atoms with van der Waals surface area (Å²) in [6, 6.07) is 8.73. The Balaban J connectivity index is 1.80. The maximum atomic E-state index is 13.2. The number of rotatable bonds is 9. The third kappa shape index (κ3) is 6.31. The first-order valence-corrected chi connectivity index (χ1v) is 14.4. The number of nitrogens with zero attached hydrogens (tertiary/aromatic N) is 3. The van der Waals surface area contributed by atoms with Gasteiger partial charge in [-0.25, -0.2) is 8.42 Å². The number of nitrogens with one attached hydrogen (secondary N) is 1. The van der Waals surface area contributed by atoms with Gasteiger partial charge < -0.3 is 5.32 Å². The van der Waals surface area contributed by atoms with Gasteiger partial charge in [0, 0.05) is 42.7 Å². The van der Waals surface area contributed by atoms with Crippen LogP contribution in [-0.4, -0.2) is 49.2 Å². The second-order valence-corrected chi connectivity index (χ2v) is 13.3. The first-order valence-electron chi connectivity index (χ1n) is 12.1. The maximum Gasteiger partial charge on any atom is 0.256 e. The largest absolute Gasteiger partial charge is 0.312 e. The molecule has 1 aromatic carbocycles. The highest BCUT2D eigenvalue weighted by Crippen LogP contribution is 2.37. The van der Waals surface area contributed by atoms with Crippen molar-refractivity contribution in [3.63, 3.8) is 0 Å². The van der Waals surface area contributed by atoms with Crippen molar-refractivity contribution < 1.29 is 13.2 Å². The summed E-state index contributed by atoms with van der Waals surface area (Å²) in [4.78, 5) is 16.6. The average molecular weight is 517 g/mol. The Kier molecular flexibility index (Phi) is 8.76. The van der Waals surface area contributed by atoms with Gasteiger partial charge >= 0.3 is 0 Å². The van der Waals surface area contributed by atoms with Gasteiger partial charge in [0.15, 0.2) is 0 Å². The minimum atomic E-state index is -3.66. The molecule has 0 unspecified atom stereocenters. The zero-order chi connectivity index (χ0) is 25.9. The van der Waals surface area contributed by atoms with Crippen LogP contribution in [0.25, 0.3) is 0 Å². The summed E-state index contributed by atoms with van der Waals surface area (Å²) < 4.78 is 28.0. The lowest BCUT2D eigenvalue weighted by atomic mass is 10.0. The predicted molar refractivity (Wildman–Crippen MR) is 141 cm³/mol. The fourth-order valence-corrected chi connectivity index (χ4v) is 7.24. The van der Waals surface area contributed by atoms with E-state index in [4.69, 9.17) is 0 Å². The molecule has 0 saturated carbocycles. The number of carbonyl (C=O) groups excluding carboxylic acids is 1. The number of carbonyl (C=O) groups is 1. The minimum Gasteiger partial charge on any atom is -0.312 e. The molecular weight excluding hydrogens is 480 g/mol. The first kappa shape index (κ1) is 27.3. The van der Waals surface area contributed by atoms with E-state index in [1.165, 1.54) is 39.9 Å². The summed E-state index contributed by atoms with van der Waals surface area (Å²) in [6.45, 7) is 14.8. The Morgan fingerprint density at radius 3 is 2.23 bits per heavy atom. The van der Waals surface area contributed by atoms with Gasteiger partial charge in [0.05, 0.1) is 10.5 Å². The van der Waals surface area contributed by atoms with Gasteiger partial charge in [-0.1, -0.05) is 27.7 Å². The number of fused-ring (bicyclic) bond motifs is 1. The highest BCUT2D eigenvalue weighted by molar-refractivity contribution is 7.89. The molecule has 2 heterocycles. The molecule has 3 rings (SSSR count). The molecule has 190 valence electrons. The van der Waals surface area contributed by atoms with Gasteiger partial charge in [0.1, 0.15) is 11.1 Å². The third-order valence-electron chi connectivity index (χ3n) is 6.05. The van der Waals surface area contributed by atoms with Crippen LogP contribution in [0.2, 0.25) is 0 Å². The van der Waals surface area contributed by atoms with Gasteiger partial charge in [-0.2, -0.15) is 9.57 Å². The molecule has 0 atom stereocenters. The Morgan fingerprint density at radius 1 is 1.11 bits per heavy atom. The van der Waals surface area contributed by atoms with Crippen LogP contribution in [0.5, 0.6) is 0 Å². The summed E-state index contributed by atoms with van der Waals surface area (Å²) in [7, 11) is -3.66. The number of benzene rings is 1. The third-order valence-corrected chi connectivity index (χ3v) is 9.03. The van der Waals surface area contributed by atoms with Crippen molar-refractivity contribution >= 4 is 32.3 Å². The number of sulfonamides is 1. The average Bonchev–Trinajstić information content (AvgIpc) is 3.14. The van der Waals surface area contributed by atoms with Crippen LogP contribution < -0.4 is 5.32 Å². The van der Waals surface area contributed by atoms with Crippen LogP contribution in [0.3, 0.4) is 0 Å². The Bertz CT molecular complexity index is 1180. The molecule has 1 N–H and O–H groups in total. The summed E-state index contributed by atoms with van der Waals surface area (Å²) in [5.41, 5.74) is 1.92. The van der Waals surface area contributed by atoms with Gasteiger partial charge in [0.25, 0.3) is 5.91 Å². The van der Waals surface area contributed by atoms with E-state index < -0.39 is 10.0 Å². The van der Waals surface area contributed by atoms with Crippen molar-refractivity contribution in [2.45, 2.75) is 65.4 Å². The van der Waals surface area contributed by atoms with Gasteiger partial charge in [-0.05, 0) is 61.9 Å². The van der Waals surface area contributed by atoms with Crippen molar-refractivity contribution in [1.29, 1.82) is 5.26 Å². The SMILES string of the molecule is CC(C)CN(CC(C)C)S(=O)(=O)c1ccc(C(=O)Nc2sc3c(c2C#N)CCN(C(C)C)C3)cc1. The van der Waals surface area contributed by atoms with Gasteiger partial charge in [-0.3, -0.25) is 9.69 Å². The highest BCUT2D eigenvalue weighted by Gasteiger charge is 2.28. The number of amides is 1. The van der Waals surface area contributed by atoms with E-state index in [2.05, 4.69) is 30.1 Å². The van der Waals surface area contributed by atoms with Crippen LogP contribution in [0.4, 0.5) is 5.00 Å². The molecule has 1 aromatic heterocycles. The standard InChI is InChI=1S/C26H36N4O3S2/c1-17(2)14-30(15-18(3)4)35(32,33)21-9-7-20(8-10-21)25(31)28-26-23(13-27)22-11-12-29(19(5)6)16-24(22)34-26/h7-10,17-19H,11-12,14-16H2,1-6H3,(H,28,31). The van der Waals surface area contributed by atoms with Crippen LogP contribution in [0.15, 0.2) is 29.2 Å². The molecule has 2 aromatic rings. The predicted octanol–water partition coefficient (Wildman–Crippen LogP) is 4.94. The topological polar surface area (TPSA) is 93.5 Å². The molecule has 0 spiro atoms. The lowest BCUT2D eigenvalue weighted by molar-refractivity contribution is 0.102. The zero-order valence-electron chi connectivity index (χ0n) is 21.5. The number of thiophene rings is 1. The smallest absolute Gasteiger partial charge is 0.256 e. The van der Waals surface area contributed by atoms with Crippen LogP contribution in [0, 0.1) is 23.2 Å². The normalized spacial score (nSPS) is 14.5. The molecule has 0 bridgehead atoms. The molecule has 0 aliphatic carbocycles. The monoisotopic (exact) mass is 516 g/mol. The van der Waals surface area contributed by atoms with Gasteiger partial charge in [-0.15, -0.1) is 11.3 Å². The Labute approximate surface area is 213 Å². The fraction of sp³-hybridized carbons (Fsp3) is 0.538. The lowest BCUT2D eigenvalue weighted by Crippen LogP contribution is -2.37. The van der Waals surface area contributed by atoms with E-state index in [1.807, 2.05) is 27.7 Å². The second kappa shape index (κ2) is 11.2. The molecule has 1 aliphatic rings. The molecular formula is C26H36N4O3S2. The molecule has 0 fully saturated rings. The first-order chi connectivity index (χ1) is 16.4. The minimum absolute atomic E-state index is 0.174. The van der Waals surface area contributed by atoms with E-state index in [9.17, 15) is 18.5 Å². The Morgan fingerprint density at radius 2 is 1.71 bits per heavy atom. The van der Waals surface area contributed by atoms with E-state index in [0.29, 0.717) is 35.3 Å². The van der Waals surface area contributed by atoms with Crippen molar-refractivity contribution in [3.05, 3.63) is 45.8 Å². The maximum absolute atomic E-state index is 13.2. The van der Waals surface area contributed by atoms with Crippen molar-refractivity contribution in [2.75, 3.05) is 25.0 Å². The summed E-state index contributed by atoms with van der Waals surface area (Å²) in [5.74, 6) is 0.0465. The zero-order valence-corrected chi connectivity index (χ0v) is 23.1. The van der Waals surface area contributed by atoms with E-state index >= 15 is 0 Å². The molecule has 0 saturated heterocycles. The molecule has 7 nitrogen and oxygen atoms in total. The molecule has 35 heavy (non-hydrogen) atoms. The second-order valence-electron chi connectivity index (χ2n) is 10.2. The quantitative estimate of drug-likeness (QED) is 0.509. The summed E-state index contributed by atoms with van der Waals surface area (Å²) in [6.07, 6.45) is 0.790. The van der Waals surface area contributed by atoms with Crippen LogP contribution in [0.1, 0.15) is 67.9 Å². The Hall–Kier alpha value is -2.25. The molecule has 0 radical (unpaired) electrons. The molecule has 9 heteroatoms. The van der Waals surface area contributed by atoms with E-state index in [0.717, 1.165) is 30.0 Å². The molecule has 1 aliphatic heterocycles. The van der Waals surface area contributed by atoms with Crippen molar-refractivity contribution in [2.24, 2.45) is 11.8 Å². The number of hydrogen-bond acceptors (Lipinski definition) is 6. The highest BCUT2D eigenvalue weighted by atomic mass is 32.2. The summed E-state index contributed by atoms with van der Waals surface area (Å²) >= 11 is 1.45. The number of anilines is 1. The number of nitriles is 1. The fourth-order valence-electron chi connectivity index (χ4n) is 4.26. The van der Waals surface area contributed by atoms with Crippen LogP contribution >= 0.6 is 11.3 Å². The van der Waals surface area contributed by atoms with Crippen molar-refractivity contribution in [1.82, 2.24) is 9.21 Å².